The molecule has 29 heavy (non-hydrogen) atoms. The molecule has 2 aromatic rings. The first-order valence-corrected chi connectivity index (χ1v) is 10.7. The summed E-state index contributed by atoms with van der Waals surface area (Å²) in [6.45, 7) is 6.88. The van der Waals surface area contributed by atoms with Gasteiger partial charge in [-0.25, -0.2) is 0 Å². The van der Waals surface area contributed by atoms with E-state index in [-0.39, 0.29) is 18.2 Å². The fraction of sp³-hybridized carbons (Fsp3) is 0.391. The van der Waals surface area contributed by atoms with E-state index in [1.54, 1.807) is 23.1 Å². The van der Waals surface area contributed by atoms with Gasteiger partial charge in [-0.3, -0.25) is 9.59 Å². The number of nitrogens with zero attached hydrogens (tertiary/aromatic N) is 1. The first-order chi connectivity index (χ1) is 13.9. The number of carbonyl (C=O) groups excluding carboxylic acids is 2. The Bertz CT molecular complexity index is 855. The van der Waals surface area contributed by atoms with Crippen LogP contribution in [0.5, 0.6) is 0 Å². The van der Waals surface area contributed by atoms with E-state index in [0.717, 1.165) is 17.5 Å². The molecule has 0 saturated heterocycles. The smallest absolute Gasteiger partial charge is 0.242 e. The fourth-order valence-electron chi connectivity index (χ4n) is 3.19. The van der Waals surface area contributed by atoms with Crippen LogP contribution >= 0.6 is 23.2 Å². The summed E-state index contributed by atoms with van der Waals surface area (Å²) in [5.41, 5.74) is 2.79. The van der Waals surface area contributed by atoms with Crippen molar-refractivity contribution in [1.82, 2.24) is 10.2 Å². The average Bonchev–Trinajstić information content (AvgIpc) is 2.69. The highest BCUT2D eigenvalue weighted by Gasteiger charge is 2.29. The van der Waals surface area contributed by atoms with Gasteiger partial charge in [0.1, 0.15) is 6.04 Å². The number of halogens is 2. The highest BCUT2D eigenvalue weighted by atomic mass is 35.5. The van der Waals surface area contributed by atoms with Crippen LogP contribution in [0.4, 0.5) is 0 Å². The normalized spacial score (nSPS) is 11.8. The number of carbonyl (C=O) groups is 2. The predicted molar refractivity (Wildman–Crippen MR) is 119 cm³/mol. The number of aryl methyl sites for hydroxylation is 1. The molecule has 4 nitrogen and oxygen atoms in total. The van der Waals surface area contributed by atoms with Crippen molar-refractivity contribution in [2.45, 2.75) is 52.6 Å². The van der Waals surface area contributed by atoms with E-state index in [0.29, 0.717) is 35.1 Å². The Morgan fingerprint density at radius 3 is 2.41 bits per heavy atom. The fourth-order valence-corrected chi connectivity index (χ4v) is 3.66. The molecule has 2 amide bonds. The Kier molecular flexibility index (Phi) is 8.99. The minimum atomic E-state index is -0.542. The Labute approximate surface area is 183 Å². The standard InChI is InChI=1S/C23H28Cl2N2O2/c1-4-12-26-23(29)21(5-2)27(15-18-9-7-6-8-16(18)3)22(28)13-17-10-11-19(24)14-20(17)25/h6-11,14,21H,4-5,12-13,15H2,1-3H3,(H,26,29)/t21-/m1/s1. The third kappa shape index (κ3) is 6.48. The highest BCUT2D eigenvalue weighted by Crippen LogP contribution is 2.23. The zero-order chi connectivity index (χ0) is 21.4. The molecule has 0 radical (unpaired) electrons. The summed E-state index contributed by atoms with van der Waals surface area (Å²) < 4.78 is 0. The Balaban J connectivity index is 2.32. The van der Waals surface area contributed by atoms with E-state index in [4.69, 9.17) is 23.2 Å². The predicted octanol–water partition coefficient (Wildman–Crippen LogP) is 5.18. The Hall–Kier alpha value is -2.04. The lowest BCUT2D eigenvalue weighted by Gasteiger charge is -2.31. The average molecular weight is 435 g/mol. The summed E-state index contributed by atoms with van der Waals surface area (Å²) in [5.74, 6) is -0.269. The zero-order valence-corrected chi connectivity index (χ0v) is 18.7. The summed E-state index contributed by atoms with van der Waals surface area (Å²) in [6.07, 6.45) is 1.48. The van der Waals surface area contributed by atoms with E-state index in [1.807, 2.05) is 45.0 Å². The van der Waals surface area contributed by atoms with Crippen LogP contribution in [0.15, 0.2) is 42.5 Å². The maximum atomic E-state index is 13.3. The van der Waals surface area contributed by atoms with E-state index < -0.39 is 6.04 Å². The van der Waals surface area contributed by atoms with Crippen LogP contribution in [0.3, 0.4) is 0 Å². The van der Waals surface area contributed by atoms with Crippen LogP contribution in [-0.4, -0.2) is 29.3 Å². The van der Waals surface area contributed by atoms with Crippen LogP contribution in [0.25, 0.3) is 0 Å². The van der Waals surface area contributed by atoms with Gasteiger partial charge in [0.15, 0.2) is 0 Å². The lowest BCUT2D eigenvalue weighted by Crippen LogP contribution is -2.49. The Morgan fingerprint density at radius 2 is 1.79 bits per heavy atom. The SMILES string of the molecule is CCCNC(=O)[C@@H](CC)N(Cc1ccccc1C)C(=O)Cc1ccc(Cl)cc1Cl. The number of benzene rings is 2. The molecule has 0 fully saturated rings. The second-order valence-electron chi connectivity index (χ2n) is 7.08. The van der Waals surface area contributed by atoms with E-state index in [1.165, 1.54) is 0 Å². The summed E-state index contributed by atoms with van der Waals surface area (Å²) in [5, 5.41) is 3.90. The van der Waals surface area contributed by atoms with Gasteiger partial charge in [-0.15, -0.1) is 0 Å². The molecule has 0 aliphatic heterocycles. The molecule has 1 N–H and O–H groups in total. The van der Waals surface area contributed by atoms with Gasteiger partial charge in [0.25, 0.3) is 0 Å². The van der Waals surface area contributed by atoms with Gasteiger partial charge < -0.3 is 10.2 Å². The Morgan fingerprint density at radius 1 is 1.07 bits per heavy atom. The first kappa shape index (κ1) is 23.2. The quantitative estimate of drug-likeness (QED) is 0.590. The van der Waals surface area contributed by atoms with Crippen LogP contribution in [-0.2, 0) is 22.6 Å². The van der Waals surface area contributed by atoms with Crippen molar-refractivity contribution in [2.24, 2.45) is 0 Å². The van der Waals surface area contributed by atoms with Crippen LogP contribution in [0.1, 0.15) is 43.4 Å². The zero-order valence-electron chi connectivity index (χ0n) is 17.2. The molecule has 156 valence electrons. The molecule has 0 spiro atoms. The van der Waals surface area contributed by atoms with E-state index >= 15 is 0 Å². The van der Waals surface area contributed by atoms with Gasteiger partial charge in [0, 0.05) is 23.1 Å². The van der Waals surface area contributed by atoms with Gasteiger partial charge in [0.05, 0.1) is 6.42 Å². The van der Waals surface area contributed by atoms with Gasteiger partial charge in [-0.1, -0.05) is 67.4 Å². The molecule has 0 bridgehead atoms. The second-order valence-corrected chi connectivity index (χ2v) is 7.92. The van der Waals surface area contributed by atoms with Crippen molar-refractivity contribution >= 4 is 35.0 Å². The lowest BCUT2D eigenvalue weighted by atomic mass is 10.0. The van der Waals surface area contributed by atoms with Crippen LogP contribution in [0, 0.1) is 6.92 Å². The van der Waals surface area contributed by atoms with Crippen LogP contribution < -0.4 is 5.32 Å². The summed E-state index contributed by atoms with van der Waals surface area (Å²) in [6, 6.07) is 12.5. The van der Waals surface area contributed by atoms with Gasteiger partial charge in [-0.05, 0) is 48.6 Å². The molecular weight excluding hydrogens is 407 g/mol. The summed E-state index contributed by atoms with van der Waals surface area (Å²) >= 11 is 12.2. The monoisotopic (exact) mass is 434 g/mol. The molecule has 1 atom stereocenters. The summed E-state index contributed by atoms with van der Waals surface area (Å²) in [7, 11) is 0. The van der Waals surface area contributed by atoms with Crippen molar-refractivity contribution in [2.75, 3.05) is 6.54 Å². The molecule has 0 aliphatic rings. The van der Waals surface area contributed by atoms with Crippen molar-refractivity contribution in [3.8, 4) is 0 Å². The minimum absolute atomic E-state index is 0.111. The molecule has 0 aliphatic carbocycles. The van der Waals surface area contributed by atoms with Crippen molar-refractivity contribution < 1.29 is 9.59 Å². The van der Waals surface area contributed by atoms with E-state index in [2.05, 4.69) is 5.32 Å². The van der Waals surface area contributed by atoms with Gasteiger partial charge in [0.2, 0.25) is 11.8 Å². The number of rotatable bonds is 9. The molecule has 0 heterocycles. The largest absolute Gasteiger partial charge is 0.354 e. The lowest BCUT2D eigenvalue weighted by molar-refractivity contribution is -0.140. The maximum absolute atomic E-state index is 13.3. The third-order valence-electron chi connectivity index (χ3n) is 4.89. The van der Waals surface area contributed by atoms with Gasteiger partial charge in [-0.2, -0.15) is 0 Å². The van der Waals surface area contributed by atoms with Gasteiger partial charge >= 0.3 is 0 Å². The number of nitrogens with one attached hydrogen (secondary N) is 1. The summed E-state index contributed by atoms with van der Waals surface area (Å²) in [4.78, 5) is 27.7. The van der Waals surface area contributed by atoms with Crippen molar-refractivity contribution in [3.63, 3.8) is 0 Å². The van der Waals surface area contributed by atoms with Crippen LogP contribution in [0.2, 0.25) is 10.0 Å². The topological polar surface area (TPSA) is 49.4 Å². The third-order valence-corrected chi connectivity index (χ3v) is 5.48. The molecule has 2 aromatic carbocycles. The molecule has 6 heteroatoms. The highest BCUT2D eigenvalue weighted by molar-refractivity contribution is 6.35. The second kappa shape index (κ2) is 11.2. The molecule has 0 aromatic heterocycles. The van der Waals surface area contributed by atoms with Crippen molar-refractivity contribution in [1.29, 1.82) is 0 Å². The number of hydrogen-bond donors (Lipinski definition) is 1. The van der Waals surface area contributed by atoms with E-state index in [9.17, 15) is 9.59 Å². The maximum Gasteiger partial charge on any atom is 0.242 e. The molecular formula is C23H28Cl2N2O2. The first-order valence-electron chi connectivity index (χ1n) is 9.92. The molecule has 0 unspecified atom stereocenters. The molecule has 0 saturated carbocycles. The number of amides is 2. The minimum Gasteiger partial charge on any atom is -0.354 e. The number of hydrogen-bond acceptors (Lipinski definition) is 2. The van der Waals surface area contributed by atoms with Crippen molar-refractivity contribution in [3.05, 3.63) is 69.2 Å². The molecule has 2 rings (SSSR count).